The third kappa shape index (κ3) is 19.4. The van der Waals surface area contributed by atoms with Crippen LogP contribution in [0.15, 0.2) is 0 Å². The van der Waals surface area contributed by atoms with E-state index in [4.69, 9.17) is 15.9 Å². The molecule has 5 atom stereocenters. The van der Waals surface area contributed by atoms with Gasteiger partial charge in [-0.05, 0) is 82.1 Å². The van der Waals surface area contributed by atoms with Crippen LogP contribution in [0.5, 0.6) is 0 Å². The third-order valence-electron chi connectivity index (χ3n) is 6.30. The van der Waals surface area contributed by atoms with Crippen molar-refractivity contribution < 1.29 is 33.8 Å². The smallest absolute Gasteiger partial charge is 0.408 e. The number of amides is 3. The molecule has 3 amide bonds. The van der Waals surface area contributed by atoms with Crippen LogP contribution < -0.4 is 21.3 Å². The maximum absolute atomic E-state index is 13.2. The lowest BCUT2D eigenvalue weighted by Gasteiger charge is -2.36. The summed E-state index contributed by atoms with van der Waals surface area (Å²) in [6.45, 7) is 19.3. The molecule has 0 aromatic rings. The summed E-state index contributed by atoms with van der Waals surface area (Å²) in [5, 5.41) is 23.1. The van der Waals surface area contributed by atoms with Crippen molar-refractivity contribution in [2.24, 2.45) is 0 Å². The molecule has 0 saturated heterocycles. The summed E-state index contributed by atoms with van der Waals surface area (Å²) in [6.07, 6.45) is 6.16. The zero-order valence-corrected chi connectivity index (χ0v) is 32.8. The van der Waals surface area contributed by atoms with E-state index in [9.17, 15) is 24.3 Å². The number of thioether (sulfide) groups is 2. The predicted molar refractivity (Wildman–Crippen MR) is 198 cm³/mol. The number of aliphatic hydroxyl groups is 1. The predicted octanol–water partition coefficient (Wildman–Crippen LogP) is 4.61. The topological polar surface area (TPSA) is 155 Å². The second-order valence-corrected chi connectivity index (χ2v) is 19.7. The van der Waals surface area contributed by atoms with Crippen molar-refractivity contribution in [3.63, 3.8) is 0 Å². The Kier molecular flexibility index (Phi) is 18.2. The maximum atomic E-state index is 13.2. The Labute approximate surface area is 298 Å². The van der Waals surface area contributed by atoms with Gasteiger partial charge in [0.2, 0.25) is 5.91 Å². The van der Waals surface area contributed by atoms with Gasteiger partial charge in [-0.3, -0.25) is 9.59 Å². The van der Waals surface area contributed by atoms with Crippen LogP contribution in [0.3, 0.4) is 0 Å². The fourth-order valence-corrected chi connectivity index (χ4v) is 9.02. The van der Waals surface area contributed by atoms with Crippen LogP contribution >= 0.6 is 45.1 Å². The lowest BCUT2D eigenvalue weighted by atomic mass is 9.97. The summed E-state index contributed by atoms with van der Waals surface area (Å²) >= 11 is 3.86. The summed E-state index contributed by atoms with van der Waals surface area (Å²) < 4.78 is 10.6. The highest BCUT2D eigenvalue weighted by Gasteiger charge is 2.36. The van der Waals surface area contributed by atoms with Crippen LogP contribution in [0.1, 0.15) is 82.1 Å². The molecule has 0 aromatic carbocycles. The minimum absolute atomic E-state index is 0.0187. The zero-order valence-electron chi connectivity index (χ0n) is 29.6. The summed E-state index contributed by atoms with van der Waals surface area (Å²) in [7, 11) is 2.39. The van der Waals surface area contributed by atoms with Crippen molar-refractivity contribution >= 4 is 69.0 Å². The molecule has 270 valence electrons. The minimum atomic E-state index is -2.11. The summed E-state index contributed by atoms with van der Waals surface area (Å²) in [5.41, 5.74) is -3.54. The monoisotopic (exact) mass is 736 g/mol. The summed E-state index contributed by atoms with van der Waals surface area (Å²) in [4.78, 5) is 51.0. The van der Waals surface area contributed by atoms with Gasteiger partial charge in [0.25, 0.3) is 0 Å². The zero-order chi connectivity index (χ0) is 36.1. The van der Waals surface area contributed by atoms with Crippen LogP contribution in [0.25, 0.3) is 0 Å². The number of carbonyl (C=O) groups is 4. The average molecular weight is 737 g/mol. The van der Waals surface area contributed by atoms with E-state index in [1.165, 1.54) is 41.4 Å². The fourth-order valence-electron chi connectivity index (χ4n) is 3.87. The molecule has 1 rings (SSSR count). The van der Waals surface area contributed by atoms with Crippen molar-refractivity contribution in [3.05, 3.63) is 0 Å². The first-order chi connectivity index (χ1) is 21.5. The number of carbonyl (C=O) groups excluding carboxylic acids is 4. The van der Waals surface area contributed by atoms with Gasteiger partial charge in [0.05, 0.1) is 0 Å². The van der Waals surface area contributed by atoms with Crippen LogP contribution in [0, 0.1) is 12.3 Å². The number of hydrogen-bond acceptors (Lipinski definition) is 12. The summed E-state index contributed by atoms with van der Waals surface area (Å²) in [6, 6.07) is -2.09. The standard InChI is InChI=1S/C32H56N4O7S4/c1-12-32(11,41)25(37)21(35-27(39)42-30(5,6)7)19-46-47-20-22(36-28(40)43-31(8,9)10)26(38)33-15-17-44-23-13-14-24(23)45-18-16-34-29(2,3)4/h1,21-24,34,41H,13-20H2,2-11H3,(H,33,38)(H,35,39)(H,36,40). The quantitative estimate of drug-likeness (QED) is 0.0759. The first-order valence-corrected chi connectivity index (χ1v) is 20.4. The van der Waals surface area contributed by atoms with Crippen molar-refractivity contribution in [1.29, 1.82) is 0 Å². The molecule has 5 unspecified atom stereocenters. The van der Waals surface area contributed by atoms with E-state index < -0.39 is 46.9 Å². The van der Waals surface area contributed by atoms with E-state index in [1.54, 1.807) is 41.5 Å². The Hall–Kier alpha value is -1.44. The van der Waals surface area contributed by atoms with Crippen molar-refractivity contribution in [2.75, 3.05) is 36.1 Å². The molecule has 0 aliphatic heterocycles. The highest BCUT2D eigenvalue weighted by Crippen LogP contribution is 2.39. The Morgan fingerprint density at radius 3 is 1.66 bits per heavy atom. The Morgan fingerprint density at radius 1 is 0.787 bits per heavy atom. The molecule has 0 spiro atoms. The number of ether oxygens (including phenoxy) is 2. The number of terminal acetylenes is 1. The number of ketones is 1. The lowest BCUT2D eigenvalue weighted by Crippen LogP contribution is -2.52. The normalized spacial score (nSPS) is 19.2. The molecule has 1 aliphatic carbocycles. The second kappa shape index (κ2) is 19.7. The van der Waals surface area contributed by atoms with Gasteiger partial charge in [-0.15, -0.1) is 6.42 Å². The molecule has 1 saturated carbocycles. The SMILES string of the molecule is C#CC(C)(O)C(=O)C(CSSCC(NC(=O)OC(C)(C)C)C(=O)NCCSC1CCC1SCCNC(C)(C)C)NC(=O)OC(C)(C)C. The first kappa shape index (κ1) is 43.6. The molecule has 0 aromatic heterocycles. The van der Waals surface area contributed by atoms with Gasteiger partial charge < -0.3 is 35.8 Å². The number of alkyl carbamates (subject to hydrolysis) is 2. The minimum Gasteiger partial charge on any atom is -0.444 e. The van der Waals surface area contributed by atoms with Gasteiger partial charge >= 0.3 is 12.2 Å². The largest absolute Gasteiger partial charge is 0.444 e. The van der Waals surface area contributed by atoms with E-state index in [1.807, 2.05) is 29.4 Å². The molecular formula is C32H56N4O7S4. The lowest BCUT2D eigenvalue weighted by molar-refractivity contribution is -0.132. The van der Waals surface area contributed by atoms with Crippen LogP contribution in [-0.2, 0) is 19.1 Å². The molecule has 15 heteroatoms. The van der Waals surface area contributed by atoms with Crippen molar-refractivity contribution in [2.45, 2.75) is 127 Å². The molecule has 1 aliphatic rings. The van der Waals surface area contributed by atoms with E-state index in [0.717, 1.165) is 18.1 Å². The highest BCUT2D eigenvalue weighted by atomic mass is 33.1. The molecular weight excluding hydrogens is 681 g/mol. The van der Waals surface area contributed by atoms with Gasteiger partial charge in [0.15, 0.2) is 11.4 Å². The number of nitrogens with one attached hydrogen (secondary N) is 4. The first-order valence-electron chi connectivity index (χ1n) is 15.8. The molecule has 1 fully saturated rings. The molecule has 11 nitrogen and oxygen atoms in total. The van der Waals surface area contributed by atoms with Gasteiger partial charge in [-0.2, -0.15) is 23.5 Å². The molecule has 47 heavy (non-hydrogen) atoms. The summed E-state index contributed by atoms with van der Waals surface area (Å²) in [5.74, 6) is 2.90. The van der Waals surface area contributed by atoms with E-state index in [0.29, 0.717) is 17.0 Å². The highest BCUT2D eigenvalue weighted by molar-refractivity contribution is 8.76. The fraction of sp³-hybridized carbons (Fsp3) is 0.812. The Morgan fingerprint density at radius 2 is 1.23 bits per heavy atom. The van der Waals surface area contributed by atoms with E-state index >= 15 is 0 Å². The van der Waals surface area contributed by atoms with E-state index in [-0.39, 0.29) is 23.0 Å². The van der Waals surface area contributed by atoms with E-state index in [2.05, 4.69) is 42.0 Å². The molecule has 0 radical (unpaired) electrons. The third-order valence-corrected chi connectivity index (χ3v) is 11.8. The van der Waals surface area contributed by atoms with Gasteiger partial charge in [-0.1, -0.05) is 27.5 Å². The number of hydrogen-bond donors (Lipinski definition) is 5. The van der Waals surface area contributed by atoms with Gasteiger partial charge in [0.1, 0.15) is 23.3 Å². The number of rotatable bonds is 18. The van der Waals surface area contributed by atoms with Crippen molar-refractivity contribution in [1.82, 2.24) is 21.3 Å². The van der Waals surface area contributed by atoms with Crippen LogP contribution in [0.4, 0.5) is 9.59 Å². The molecule has 0 bridgehead atoms. The van der Waals surface area contributed by atoms with Crippen LogP contribution in [0.2, 0.25) is 0 Å². The number of Topliss-reactive ketones (excluding diaryl/α,β-unsaturated/α-hetero) is 1. The van der Waals surface area contributed by atoms with Crippen LogP contribution in [-0.4, -0.2) is 110 Å². The van der Waals surface area contributed by atoms with Gasteiger partial charge in [-0.25, -0.2) is 9.59 Å². The molecule has 5 N–H and O–H groups in total. The Balaban J connectivity index is 2.71. The average Bonchev–Trinajstić information content (AvgIpc) is 2.89. The maximum Gasteiger partial charge on any atom is 0.408 e. The molecule has 0 heterocycles. The van der Waals surface area contributed by atoms with Crippen molar-refractivity contribution in [3.8, 4) is 12.3 Å². The second-order valence-electron chi connectivity index (χ2n) is 14.4. The van der Waals surface area contributed by atoms with Gasteiger partial charge in [0, 0.05) is 52.1 Å². The Bertz CT molecular complexity index is 1080.